The summed E-state index contributed by atoms with van der Waals surface area (Å²) in [5, 5.41) is 0. The Morgan fingerprint density at radius 2 is 1.70 bits per heavy atom. The van der Waals surface area contributed by atoms with Crippen molar-refractivity contribution in [3.05, 3.63) is 0 Å². The highest BCUT2D eigenvalue weighted by atomic mass is 35.5. The van der Waals surface area contributed by atoms with Crippen molar-refractivity contribution in [1.82, 2.24) is 0 Å². The van der Waals surface area contributed by atoms with E-state index in [9.17, 15) is 17.6 Å². The molecular formula is C4H8ClF4N. The van der Waals surface area contributed by atoms with Crippen LogP contribution in [0.25, 0.3) is 0 Å². The summed E-state index contributed by atoms with van der Waals surface area (Å²) >= 11 is 0. The fourth-order valence-corrected chi connectivity index (χ4v) is 0.334. The van der Waals surface area contributed by atoms with Gasteiger partial charge in [0.15, 0.2) is 0 Å². The fourth-order valence-electron chi connectivity index (χ4n) is 0.334. The van der Waals surface area contributed by atoms with Crippen LogP contribution in [-0.2, 0) is 0 Å². The van der Waals surface area contributed by atoms with E-state index in [2.05, 4.69) is 5.73 Å². The molecule has 0 bridgehead atoms. The minimum Gasteiger partial charge on any atom is -0.328 e. The monoisotopic (exact) mass is 181 g/mol. The van der Waals surface area contributed by atoms with Crippen LogP contribution in [0.4, 0.5) is 17.6 Å². The van der Waals surface area contributed by atoms with Gasteiger partial charge in [-0.25, -0.2) is 4.39 Å². The van der Waals surface area contributed by atoms with Crippen LogP contribution in [0.15, 0.2) is 0 Å². The first-order chi connectivity index (χ1) is 3.95. The Labute approximate surface area is 62.0 Å². The number of hydrogen-bond donors (Lipinski definition) is 1. The lowest BCUT2D eigenvalue weighted by atomic mass is 10.3. The second-order valence-electron chi connectivity index (χ2n) is 1.65. The molecule has 0 aromatic carbocycles. The first kappa shape index (κ1) is 12.6. The predicted molar refractivity (Wildman–Crippen MR) is 31.9 cm³/mol. The van der Waals surface area contributed by atoms with Gasteiger partial charge in [0, 0.05) is 6.54 Å². The Balaban J connectivity index is 0. The molecule has 0 aromatic heterocycles. The Hall–Kier alpha value is -0.0300. The van der Waals surface area contributed by atoms with E-state index in [-0.39, 0.29) is 12.4 Å². The molecule has 0 radical (unpaired) electrons. The van der Waals surface area contributed by atoms with Crippen molar-refractivity contribution in [2.24, 2.45) is 5.73 Å². The molecule has 0 aromatic rings. The topological polar surface area (TPSA) is 26.0 Å². The standard InChI is InChI=1S/C4H7F4N.ClH/c5-3(2-9)1-4(6,7)8;/h3H,1-2,9H2;1H. The summed E-state index contributed by atoms with van der Waals surface area (Å²) in [6, 6.07) is 0. The van der Waals surface area contributed by atoms with Crippen molar-refractivity contribution < 1.29 is 17.6 Å². The van der Waals surface area contributed by atoms with Crippen LogP contribution < -0.4 is 5.73 Å². The molecule has 6 heteroatoms. The van der Waals surface area contributed by atoms with E-state index < -0.39 is 25.3 Å². The summed E-state index contributed by atoms with van der Waals surface area (Å²) in [5.41, 5.74) is 4.60. The molecule has 1 nitrogen and oxygen atoms in total. The van der Waals surface area contributed by atoms with Crippen LogP contribution in [0.3, 0.4) is 0 Å². The van der Waals surface area contributed by atoms with E-state index >= 15 is 0 Å². The summed E-state index contributed by atoms with van der Waals surface area (Å²) < 4.78 is 45.4. The average molecular weight is 182 g/mol. The van der Waals surface area contributed by atoms with Gasteiger partial charge >= 0.3 is 6.18 Å². The smallest absolute Gasteiger partial charge is 0.328 e. The van der Waals surface area contributed by atoms with Crippen molar-refractivity contribution >= 4 is 12.4 Å². The maximum Gasteiger partial charge on any atom is 0.391 e. The van der Waals surface area contributed by atoms with Crippen LogP contribution in [0.2, 0.25) is 0 Å². The molecule has 0 saturated carbocycles. The van der Waals surface area contributed by atoms with Gasteiger partial charge in [0.05, 0.1) is 6.42 Å². The third-order valence-corrected chi connectivity index (χ3v) is 0.709. The van der Waals surface area contributed by atoms with Gasteiger partial charge < -0.3 is 5.73 Å². The molecule has 1 unspecified atom stereocenters. The molecule has 0 amide bonds. The number of rotatable bonds is 2. The van der Waals surface area contributed by atoms with Crippen molar-refractivity contribution in [2.45, 2.75) is 18.8 Å². The molecule has 0 aliphatic rings. The molecule has 0 fully saturated rings. The summed E-state index contributed by atoms with van der Waals surface area (Å²) in [5.74, 6) is 0. The molecule has 10 heavy (non-hydrogen) atoms. The van der Waals surface area contributed by atoms with E-state index in [4.69, 9.17) is 0 Å². The highest BCUT2D eigenvalue weighted by Gasteiger charge is 2.31. The van der Waals surface area contributed by atoms with Crippen molar-refractivity contribution in [1.29, 1.82) is 0 Å². The van der Waals surface area contributed by atoms with Crippen molar-refractivity contribution in [3.8, 4) is 0 Å². The quantitative estimate of drug-likeness (QED) is 0.645. The molecule has 0 rings (SSSR count). The number of hydrogen-bond acceptors (Lipinski definition) is 1. The second-order valence-corrected chi connectivity index (χ2v) is 1.65. The van der Waals surface area contributed by atoms with Gasteiger partial charge in [-0.3, -0.25) is 0 Å². The fraction of sp³-hybridized carbons (Fsp3) is 1.00. The van der Waals surface area contributed by atoms with Crippen LogP contribution >= 0.6 is 12.4 Å². The maximum atomic E-state index is 11.8. The van der Waals surface area contributed by atoms with Gasteiger partial charge in [-0.15, -0.1) is 12.4 Å². The SMILES string of the molecule is Cl.NCC(F)CC(F)(F)F. The minimum absolute atomic E-state index is 0. The normalized spacial score (nSPS) is 14.1. The first-order valence-electron chi connectivity index (χ1n) is 2.36. The first-order valence-corrected chi connectivity index (χ1v) is 2.36. The molecule has 0 saturated heterocycles. The van der Waals surface area contributed by atoms with E-state index in [1.54, 1.807) is 0 Å². The summed E-state index contributed by atoms with van der Waals surface area (Å²) in [6.07, 6.45) is -7.83. The van der Waals surface area contributed by atoms with Crippen LogP contribution in [-0.4, -0.2) is 18.9 Å². The van der Waals surface area contributed by atoms with Crippen molar-refractivity contribution in [2.75, 3.05) is 6.54 Å². The van der Waals surface area contributed by atoms with Gasteiger partial charge in [-0.1, -0.05) is 0 Å². The summed E-state index contributed by atoms with van der Waals surface area (Å²) in [4.78, 5) is 0. The third kappa shape index (κ3) is 7.97. The Bertz CT molecular complexity index is 83.8. The average Bonchev–Trinajstić information content (AvgIpc) is 1.62. The Morgan fingerprint density at radius 3 is 1.80 bits per heavy atom. The number of halogens is 5. The zero-order valence-corrected chi connectivity index (χ0v) is 5.81. The predicted octanol–water partition coefficient (Wildman–Crippen LogP) is 1.66. The van der Waals surface area contributed by atoms with Crippen molar-refractivity contribution in [3.63, 3.8) is 0 Å². The molecule has 0 aliphatic heterocycles. The second kappa shape index (κ2) is 4.73. The third-order valence-electron chi connectivity index (χ3n) is 0.709. The molecular weight excluding hydrogens is 173 g/mol. The van der Waals surface area contributed by atoms with Crippen LogP contribution in [0.5, 0.6) is 0 Å². The highest BCUT2D eigenvalue weighted by Crippen LogP contribution is 2.22. The lowest BCUT2D eigenvalue weighted by Gasteiger charge is -2.07. The highest BCUT2D eigenvalue weighted by molar-refractivity contribution is 5.85. The van der Waals surface area contributed by atoms with Gasteiger partial charge in [0.1, 0.15) is 6.17 Å². The van der Waals surface area contributed by atoms with Gasteiger partial charge in [0.25, 0.3) is 0 Å². The van der Waals surface area contributed by atoms with Crippen LogP contribution in [0.1, 0.15) is 6.42 Å². The van der Waals surface area contributed by atoms with Gasteiger partial charge in [-0.05, 0) is 0 Å². The Kier molecular flexibility index (Phi) is 5.98. The van der Waals surface area contributed by atoms with Crippen LogP contribution in [0, 0.1) is 0 Å². The molecule has 0 heterocycles. The largest absolute Gasteiger partial charge is 0.391 e. The van der Waals surface area contributed by atoms with E-state index in [1.165, 1.54) is 0 Å². The van der Waals surface area contributed by atoms with E-state index in [0.29, 0.717) is 0 Å². The van der Waals surface area contributed by atoms with E-state index in [0.717, 1.165) is 0 Å². The minimum atomic E-state index is -4.43. The zero-order chi connectivity index (χ0) is 7.49. The number of nitrogens with two attached hydrogens (primary N) is 1. The zero-order valence-electron chi connectivity index (χ0n) is 4.99. The molecule has 1 atom stereocenters. The molecule has 2 N–H and O–H groups in total. The van der Waals surface area contributed by atoms with Gasteiger partial charge in [0.2, 0.25) is 0 Å². The Morgan fingerprint density at radius 1 is 1.30 bits per heavy atom. The summed E-state index contributed by atoms with van der Waals surface area (Å²) in [6.45, 7) is -0.570. The summed E-state index contributed by atoms with van der Waals surface area (Å²) in [7, 11) is 0. The lowest BCUT2D eigenvalue weighted by molar-refractivity contribution is -0.145. The lowest BCUT2D eigenvalue weighted by Crippen LogP contribution is -2.22. The molecule has 64 valence electrons. The number of alkyl halides is 4. The van der Waals surface area contributed by atoms with E-state index in [1.807, 2.05) is 0 Å². The van der Waals surface area contributed by atoms with Gasteiger partial charge in [-0.2, -0.15) is 13.2 Å². The molecule has 0 aliphatic carbocycles. The molecule has 0 spiro atoms. The maximum absolute atomic E-state index is 11.8.